The van der Waals surface area contributed by atoms with Gasteiger partial charge in [-0.2, -0.15) is 17.9 Å². The lowest BCUT2D eigenvalue weighted by molar-refractivity contribution is -0.211. The highest BCUT2D eigenvalue weighted by Crippen LogP contribution is 2.41. The second-order valence-corrected chi connectivity index (χ2v) is 8.43. The number of aromatic nitrogens is 2. The van der Waals surface area contributed by atoms with Gasteiger partial charge in [-0.15, -0.1) is 0 Å². The van der Waals surface area contributed by atoms with Gasteiger partial charge in [0.15, 0.2) is 0 Å². The molecular weight excluding hydrogens is 451 g/mol. The van der Waals surface area contributed by atoms with Crippen LogP contribution in [0.15, 0.2) is 70.4 Å². The van der Waals surface area contributed by atoms with E-state index in [1.54, 1.807) is 18.2 Å². The molecule has 1 atom stereocenters. The van der Waals surface area contributed by atoms with Crippen LogP contribution in [0.1, 0.15) is 11.3 Å². The largest absolute Gasteiger partial charge is 0.467 e. The van der Waals surface area contributed by atoms with Crippen LogP contribution in [0.4, 0.5) is 13.2 Å². The van der Waals surface area contributed by atoms with E-state index in [9.17, 15) is 31.2 Å². The first kappa shape index (κ1) is 23.3. The second kappa shape index (κ2) is 8.28. The molecule has 0 spiro atoms. The Hall–Kier alpha value is -3.38. The third-order valence-corrected chi connectivity index (χ3v) is 6.19. The van der Waals surface area contributed by atoms with Gasteiger partial charge in [-0.25, -0.2) is 17.9 Å². The van der Waals surface area contributed by atoms with Crippen molar-refractivity contribution < 1.29 is 31.1 Å². The normalized spacial score (nSPS) is 14.0. The van der Waals surface area contributed by atoms with Crippen LogP contribution in [0.5, 0.6) is 0 Å². The van der Waals surface area contributed by atoms with Crippen LogP contribution in [0.2, 0.25) is 0 Å². The number of H-pyrrole nitrogens is 1. The Morgan fingerprint density at radius 3 is 2.06 bits per heavy atom. The molecule has 0 bridgehead atoms. The SMILES string of the molecule is COC(=O)[C@](NS(=O)(=O)c1ccccc1)(c1c(C)[nH]n(-c2ccccc2)c1=O)C(F)(F)F. The standard InChI is InChI=1S/C20H18F3N3O5S/c1-13-16(17(27)26(24-13)14-9-5-3-6-10-14)19(18(28)31-2,20(21,22)23)25-32(29,30)15-11-7-4-8-12-15/h3-12,24-25H,1-2H3/t19-/m1/s1. The fourth-order valence-corrected chi connectivity index (χ4v) is 4.61. The van der Waals surface area contributed by atoms with E-state index < -0.39 is 43.7 Å². The summed E-state index contributed by atoms with van der Waals surface area (Å²) >= 11 is 0. The predicted octanol–water partition coefficient (Wildman–Crippen LogP) is 2.38. The number of rotatable bonds is 6. The molecule has 1 heterocycles. The third-order valence-electron chi connectivity index (χ3n) is 4.72. The number of hydrogen-bond donors (Lipinski definition) is 2. The summed E-state index contributed by atoms with van der Waals surface area (Å²) in [5.41, 5.74) is -6.63. The lowest BCUT2D eigenvalue weighted by Gasteiger charge is -2.32. The lowest BCUT2D eigenvalue weighted by Crippen LogP contribution is -2.63. The van der Waals surface area contributed by atoms with Crippen LogP contribution in [-0.4, -0.2) is 37.5 Å². The average molecular weight is 469 g/mol. The number of para-hydroxylation sites is 1. The Morgan fingerprint density at radius 1 is 1.03 bits per heavy atom. The van der Waals surface area contributed by atoms with Gasteiger partial charge in [0.25, 0.3) is 11.1 Å². The monoisotopic (exact) mass is 469 g/mol. The second-order valence-electron chi connectivity index (χ2n) is 6.75. The number of aromatic amines is 1. The van der Waals surface area contributed by atoms with Crippen molar-refractivity contribution >= 4 is 16.0 Å². The molecule has 0 aliphatic carbocycles. The quantitative estimate of drug-likeness (QED) is 0.539. The van der Waals surface area contributed by atoms with Crippen molar-refractivity contribution in [3.8, 4) is 5.69 Å². The van der Waals surface area contributed by atoms with Crippen LogP contribution in [0.25, 0.3) is 5.69 Å². The Kier molecular flexibility index (Phi) is 6.03. The third kappa shape index (κ3) is 3.82. The summed E-state index contributed by atoms with van der Waals surface area (Å²) < 4.78 is 75.8. The van der Waals surface area contributed by atoms with Crippen molar-refractivity contribution in [3.63, 3.8) is 0 Å². The molecule has 2 aromatic carbocycles. The van der Waals surface area contributed by atoms with Crippen LogP contribution < -0.4 is 10.3 Å². The number of aryl methyl sites for hydroxylation is 1. The minimum Gasteiger partial charge on any atom is -0.467 e. The molecule has 3 rings (SSSR count). The van der Waals surface area contributed by atoms with E-state index in [1.165, 1.54) is 35.1 Å². The van der Waals surface area contributed by atoms with Crippen LogP contribution in [0, 0.1) is 6.92 Å². The summed E-state index contributed by atoms with van der Waals surface area (Å²) in [5, 5.41) is 2.47. The number of alkyl halides is 3. The summed E-state index contributed by atoms with van der Waals surface area (Å²) in [6.45, 7) is 1.12. The number of nitrogens with zero attached hydrogens (tertiary/aromatic N) is 1. The number of sulfonamides is 1. The summed E-state index contributed by atoms with van der Waals surface area (Å²) in [6, 6.07) is 13.8. The van der Waals surface area contributed by atoms with Crippen LogP contribution >= 0.6 is 0 Å². The Labute approximate surface area is 180 Å². The first-order valence-corrected chi connectivity index (χ1v) is 10.6. The molecule has 0 saturated heterocycles. The number of nitrogens with one attached hydrogen (secondary N) is 2. The highest BCUT2D eigenvalue weighted by molar-refractivity contribution is 7.89. The zero-order valence-electron chi connectivity index (χ0n) is 16.8. The van der Waals surface area contributed by atoms with E-state index in [1.807, 2.05) is 0 Å². The number of methoxy groups -OCH3 is 1. The van der Waals surface area contributed by atoms with E-state index in [0.717, 1.165) is 23.7 Å². The van der Waals surface area contributed by atoms with Gasteiger partial charge in [0.2, 0.25) is 10.0 Å². The first-order valence-electron chi connectivity index (χ1n) is 9.07. The van der Waals surface area contributed by atoms with Gasteiger partial charge in [0, 0.05) is 5.69 Å². The summed E-state index contributed by atoms with van der Waals surface area (Å²) in [4.78, 5) is 25.2. The summed E-state index contributed by atoms with van der Waals surface area (Å²) in [5.74, 6) is -2.01. The van der Waals surface area contributed by atoms with Crippen molar-refractivity contribution in [2.45, 2.75) is 23.5 Å². The van der Waals surface area contributed by atoms with Crippen molar-refractivity contribution in [3.05, 3.63) is 82.3 Å². The van der Waals surface area contributed by atoms with E-state index in [4.69, 9.17) is 0 Å². The maximum absolute atomic E-state index is 14.5. The molecule has 170 valence electrons. The Morgan fingerprint density at radius 2 is 1.56 bits per heavy atom. The van der Waals surface area contributed by atoms with Gasteiger partial charge < -0.3 is 4.74 Å². The molecule has 0 amide bonds. The number of benzene rings is 2. The molecule has 0 aliphatic heterocycles. The molecule has 0 aliphatic rings. The first-order chi connectivity index (χ1) is 15.0. The maximum Gasteiger partial charge on any atom is 0.422 e. The highest BCUT2D eigenvalue weighted by atomic mass is 32.2. The van der Waals surface area contributed by atoms with Gasteiger partial charge >= 0.3 is 12.1 Å². The van der Waals surface area contributed by atoms with Gasteiger partial charge in [-0.3, -0.25) is 9.89 Å². The number of hydrogen-bond acceptors (Lipinski definition) is 5. The minimum absolute atomic E-state index is 0.179. The number of halogens is 3. The smallest absolute Gasteiger partial charge is 0.422 e. The molecule has 0 saturated carbocycles. The van der Waals surface area contributed by atoms with Crippen molar-refractivity contribution in [1.29, 1.82) is 0 Å². The number of carbonyl (C=O) groups is 1. The average Bonchev–Trinajstić information content (AvgIpc) is 3.06. The van der Waals surface area contributed by atoms with Gasteiger partial charge in [-0.05, 0) is 31.2 Å². The number of esters is 1. The highest BCUT2D eigenvalue weighted by Gasteiger charge is 2.67. The van der Waals surface area contributed by atoms with Crippen molar-refractivity contribution in [1.82, 2.24) is 14.5 Å². The molecule has 8 nitrogen and oxygen atoms in total. The van der Waals surface area contributed by atoms with E-state index in [-0.39, 0.29) is 11.4 Å². The molecule has 0 radical (unpaired) electrons. The molecule has 0 unspecified atom stereocenters. The molecule has 32 heavy (non-hydrogen) atoms. The fraction of sp³-hybridized carbons (Fsp3) is 0.200. The molecule has 0 fully saturated rings. The molecular formula is C20H18F3N3O5S. The molecule has 3 aromatic rings. The van der Waals surface area contributed by atoms with Gasteiger partial charge in [0.05, 0.1) is 23.3 Å². The van der Waals surface area contributed by atoms with E-state index in [2.05, 4.69) is 9.84 Å². The molecule has 12 heteroatoms. The zero-order valence-corrected chi connectivity index (χ0v) is 17.6. The lowest BCUT2D eigenvalue weighted by atomic mass is 9.90. The van der Waals surface area contributed by atoms with Crippen molar-refractivity contribution in [2.24, 2.45) is 0 Å². The summed E-state index contributed by atoms with van der Waals surface area (Å²) in [6.07, 6.45) is -5.58. The van der Waals surface area contributed by atoms with E-state index in [0.29, 0.717) is 7.11 Å². The zero-order chi connectivity index (χ0) is 23.7. The number of carbonyl (C=O) groups excluding carboxylic acids is 1. The van der Waals surface area contributed by atoms with Crippen molar-refractivity contribution in [2.75, 3.05) is 7.11 Å². The van der Waals surface area contributed by atoms with Crippen LogP contribution in [-0.2, 0) is 25.1 Å². The maximum atomic E-state index is 14.5. The topological polar surface area (TPSA) is 110 Å². The summed E-state index contributed by atoms with van der Waals surface area (Å²) in [7, 11) is -4.26. The number of ether oxygens (including phenoxy) is 1. The fourth-order valence-electron chi connectivity index (χ4n) is 3.27. The van der Waals surface area contributed by atoms with Gasteiger partial charge in [0.1, 0.15) is 0 Å². The van der Waals surface area contributed by atoms with Gasteiger partial charge in [-0.1, -0.05) is 36.4 Å². The minimum atomic E-state index is -5.58. The Balaban J connectivity index is 2.34. The molecule has 1 aromatic heterocycles. The van der Waals surface area contributed by atoms with Crippen LogP contribution in [0.3, 0.4) is 0 Å². The van der Waals surface area contributed by atoms with E-state index >= 15 is 0 Å². The predicted molar refractivity (Wildman–Crippen MR) is 108 cm³/mol. The molecule has 2 N–H and O–H groups in total. The Bertz CT molecular complexity index is 1290.